The third-order valence-electron chi connectivity index (χ3n) is 5.48. The third kappa shape index (κ3) is 5.84. The van der Waals surface area contributed by atoms with Crippen molar-refractivity contribution < 1.29 is 23.1 Å². The van der Waals surface area contributed by atoms with Gasteiger partial charge in [-0.15, -0.1) is 0 Å². The molecule has 0 saturated carbocycles. The zero-order chi connectivity index (χ0) is 25.9. The molecule has 0 radical (unpaired) electrons. The fraction of sp³-hybridized carbons (Fsp3) is 0.231. The minimum atomic E-state index is -3.44. The molecule has 36 heavy (non-hydrogen) atoms. The number of pyridine rings is 3. The van der Waals surface area contributed by atoms with Crippen molar-refractivity contribution in [2.24, 2.45) is 0 Å². The monoisotopic (exact) mass is 506 g/mol. The molecular weight excluding hydrogens is 480 g/mol. The molecule has 0 bridgehead atoms. The second-order valence-electron chi connectivity index (χ2n) is 8.47. The Morgan fingerprint density at radius 1 is 1.08 bits per heavy atom. The third-order valence-corrected chi connectivity index (χ3v) is 6.71. The van der Waals surface area contributed by atoms with Crippen LogP contribution in [0.1, 0.15) is 28.5 Å². The Morgan fingerprint density at radius 3 is 2.61 bits per heavy atom. The summed E-state index contributed by atoms with van der Waals surface area (Å²) < 4.78 is 29.5. The maximum absolute atomic E-state index is 12.7. The summed E-state index contributed by atoms with van der Waals surface area (Å²) >= 11 is 0. The van der Waals surface area contributed by atoms with Crippen LogP contribution in [0.25, 0.3) is 22.3 Å². The minimum Gasteiger partial charge on any atom is -0.472 e. The van der Waals surface area contributed by atoms with Gasteiger partial charge in [-0.25, -0.2) is 18.4 Å². The van der Waals surface area contributed by atoms with Crippen LogP contribution in [0.2, 0.25) is 0 Å². The van der Waals surface area contributed by atoms with E-state index in [2.05, 4.69) is 15.3 Å². The van der Waals surface area contributed by atoms with E-state index in [0.717, 1.165) is 11.6 Å². The lowest BCUT2D eigenvalue weighted by Gasteiger charge is -2.12. The maximum Gasteiger partial charge on any atom is 0.251 e. The first-order valence-corrected chi connectivity index (χ1v) is 13.1. The van der Waals surface area contributed by atoms with Gasteiger partial charge in [-0.05, 0) is 55.8 Å². The van der Waals surface area contributed by atoms with Crippen LogP contribution in [-0.4, -0.2) is 53.4 Å². The zero-order valence-corrected chi connectivity index (χ0v) is 20.9. The van der Waals surface area contributed by atoms with Gasteiger partial charge in [-0.1, -0.05) is 12.1 Å². The second-order valence-corrected chi connectivity index (χ2v) is 10.5. The molecule has 1 aromatic carbocycles. The Labute approximate surface area is 209 Å². The highest BCUT2D eigenvalue weighted by Crippen LogP contribution is 2.22. The Bertz CT molecular complexity index is 1540. The summed E-state index contributed by atoms with van der Waals surface area (Å²) in [5, 5.41) is 12.8. The number of hydrogen-bond donors (Lipinski definition) is 2. The average Bonchev–Trinajstić information content (AvgIpc) is 2.86. The van der Waals surface area contributed by atoms with E-state index in [-0.39, 0.29) is 29.7 Å². The van der Waals surface area contributed by atoms with Gasteiger partial charge < -0.3 is 15.2 Å². The molecule has 0 spiro atoms. The van der Waals surface area contributed by atoms with Gasteiger partial charge in [-0.3, -0.25) is 9.78 Å². The summed E-state index contributed by atoms with van der Waals surface area (Å²) in [6.45, 7) is 3.46. The summed E-state index contributed by atoms with van der Waals surface area (Å²) in [6.07, 6.45) is 2.42. The first-order chi connectivity index (χ1) is 17.1. The highest BCUT2D eigenvalue weighted by Gasteiger charge is 2.15. The number of hydrogen-bond acceptors (Lipinski definition) is 8. The molecule has 0 aliphatic carbocycles. The van der Waals surface area contributed by atoms with Crippen molar-refractivity contribution in [2.75, 3.05) is 12.9 Å². The van der Waals surface area contributed by atoms with Gasteiger partial charge in [0.2, 0.25) is 5.88 Å². The van der Waals surface area contributed by atoms with Crippen molar-refractivity contribution >= 4 is 26.6 Å². The van der Waals surface area contributed by atoms with Crippen molar-refractivity contribution in [1.29, 1.82) is 0 Å². The van der Waals surface area contributed by atoms with Gasteiger partial charge in [0, 0.05) is 29.5 Å². The van der Waals surface area contributed by atoms with Gasteiger partial charge >= 0.3 is 0 Å². The number of ether oxygens (including phenoxy) is 1. The molecule has 4 rings (SSSR count). The smallest absolute Gasteiger partial charge is 0.251 e. The number of carbonyl (C=O) groups excluding carboxylic acids is 1. The molecule has 10 heteroatoms. The normalized spacial score (nSPS) is 12.3. The first kappa shape index (κ1) is 25.2. The topological polar surface area (TPSA) is 131 Å². The van der Waals surface area contributed by atoms with Crippen molar-refractivity contribution in [2.45, 2.75) is 31.4 Å². The Balaban J connectivity index is 1.53. The Morgan fingerprint density at radius 2 is 1.86 bits per heavy atom. The van der Waals surface area contributed by atoms with E-state index in [0.29, 0.717) is 34.0 Å². The number of fused-ring (bicyclic) bond motifs is 1. The zero-order valence-electron chi connectivity index (χ0n) is 20.1. The molecule has 0 aliphatic rings. The number of benzene rings is 1. The number of sulfone groups is 1. The SMILES string of the molecule is Cc1ccc(C(=O)NCc2cc3nc(-c4cccc(OC(C)CO)n4)ccc3cn2)cc1S(C)(=O)=O. The molecule has 0 saturated heterocycles. The Hall–Kier alpha value is -3.89. The molecule has 0 aliphatic heterocycles. The number of rotatable bonds is 8. The molecule has 3 aromatic heterocycles. The minimum absolute atomic E-state index is 0.116. The summed E-state index contributed by atoms with van der Waals surface area (Å²) in [7, 11) is -3.44. The van der Waals surface area contributed by atoms with Gasteiger partial charge in [0.15, 0.2) is 9.84 Å². The molecule has 2 N–H and O–H groups in total. The number of nitrogens with zero attached hydrogens (tertiary/aromatic N) is 3. The number of amides is 1. The predicted octanol–water partition coefficient (Wildman–Crippen LogP) is 3.09. The lowest BCUT2D eigenvalue weighted by atomic mass is 10.1. The fourth-order valence-corrected chi connectivity index (χ4v) is 4.57. The molecule has 4 aromatic rings. The largest absolute Gasteiger partial charge is 0.472 e. The van der Waals surface area contributed by atoms with Crippen molar-refractivity contribution in [3.05, 3.63) is 77.6 Å². The van der Waals surface area contributed by atoms with Gasteiger partial charge in [0.25, 0.3) is 5.91 Å². The second kappa shape index (κ2) is 10.4. The van der Waals surface area contributed by atoms with E-state index >= 15 is 0 Å². The lowest BCUT2D eigenvalue weighted by Crippen LogP contribution is -2.23. The molecule has 1 atom stereocenters. The molecule has 186 valence electrons. The van der Waals surface area contributed by atoms with Crippen molar-refractivity contribution in [3.8, 4) is 17.3 Å². The fourth-order valence-electron chi connectivity index (χ4n) is 3.58. The van der Waals surface area contributed by atoms with Gasteiger partial charge in [0.05, 0.1) is 40.6 Å². The van der Waals surface area contributed by atoms with Gasteiger partial charge in [0.1, 0.15) is 6.10 Å². The standard InChI is InChI=1S/C26H26N4O5S/c1-16-7-8-18(11-24(16)36(3,33)34)26(32)28-14-20-12-23-19(13-27-20)9-10-22(29-23)21-5-4-6-25(30-21)35-17(2)15-31/h4-13,17,31H,14-15H2,1-3H3,(H,28,32). The maximum atomic E-state index is 12.7. The number of aromatic nitrogens is 3. The van der Waals surface area contributed by atoms with Crippen molar-refractivity contribution in [1.82, 2.24) is 20.3 Å². The van der Waals surface area contributed by atoms with Crippen molar-refractivity contribution in [3.63, 3.8) is 0 Å². The predicted molar refractivity (Wildman–Crippen MR) is 135 cm³/mol. The number of aryl methyl sites for hydroxylation is 1. The summed E-state index contributed by atoms with van der Waals surface area (Å²) in [6, 6.07) is 15.4. The molecular formula is C26H26N4O5S. The number of aliphatic hydroxyl groups excluding tert-OH is 1. The van der Waals surface area contributed by atoms with Gasteiger partial charge in [-0.2, -0.15) is 0 Å². The van der Waals surface area contributed by atoms with Crippen LogP contribution >= 0.6 is 0 Å². The quantitative estimate of drug-likeness (QED) is 0.373. The number of nitrogens with one attached hydrogen (secondary N) is 1. The van der Waals surface area contributed by atoms with Crippen LogP contribution in [0, 0.1) is 6.92 Å². The highest BCUT2D eigenvalue weighted by molar-refractivity contribution is 7.90. The van der Waals surface area contributed by atoms with Crippen LogP contribution in [0.4, 0.5) is 0 Å². The van der Waals surface area contributed by atoms with E-state index < -0.39 is 15.7 Å². The molecule has 1 amide bonds. The average molecular weight is 507 g/mol. The van der Waals surface area contributed by atoms with Crippen LogP contribution in [0.15, 0.2) is 65.7 Å². The number of carbonyl (C=O) groups is 1. The number of aliphatic hydroxyl groups is 1. The van der Waals surface area contributed by atoms with Crippen LogP contribution in [0.5, 0.6) is 5.88 Å². The molecule has 3 heterocycles. The summed E-state index contributed by atoms with van der Waals surface area (Å²) in [5.74, 6) is -0.00848. The highest BCUT2D eigenvalue weighted by atomic mass is 32.2. The molecule has 9 nitrogen and oxygen atoms in total. The van der Waals surface area contributed by atoms with E-state index in [1.165, 1.54) is 6.07 Å². The van der Waals surface area contributed by atoms with E-state index in [9.17, 15) is 18.3 Å². The summed E-state index contributed by atoms with van der Waals surface area (Å²) in [4.78, 5) is 26.3. The van der Waals surface area contributed by atoms with E-state index in [1.807, 2.05) is 18.2 Å². The lowest BCUT2D eigenvalue weighted by molar-refractivity contribution is 0.0950. The van der Waals surface area contributed by atoms with Crippen LogP contribution < -0.4 is 10.1 Å². The van der Waals surface area contributed by atoms with E-state index in [1.54, 1.807) is 50.4 Å². The van der Waals surface area contributed by atoms with Crippen LogP contribution in [-0.2, 0) is 16.4 Å². The van der Waals surface area contributed by atoms with E-state index in [4.69, 9.17) is 9.72 Å². The first-order valence-electron chi connectivity index (χ1n) is 11.2. The molecule has 1 unspecified atom stereocenters. The Kier molecular flexibility index (Phi) is 7.27. The van der Waals surface area contributed by atoms with Crippen LogP contribution in [0.3, 0.4) is 0 Å². The summed E-state index contributed by atoms with van der Waals surface area (Å²) in [5.41, 5.74) is 3.37. The molecule has 0 fully saturated rings.